The molecule has 0 aliphatic carbocycles. The van der Waals surface area contributed by atoms with Gasteiger partial charge in [0.25, 0.3) is 23.6 Å². The number of fused-ring (bicyclic) bond motifs is 10. The molecule has 0 radical (unpaired) electrons. The molecule has 4 unspecified atom stereocenters. The van der Waals surface area contributed by atoms with Crippen molar-refractivity contribution < 1.29 is 39.1 Å². The molecule has 8 atom stereocenters. The molecule has 2 N–H and O–H groups in total. The minimum absolute atomic E-state index is 0.227. The van der Waals surface area contributed by atoms with Gasteiger partial charge in [0.2, 0.25) is 0 Å². The molecular weight excluding hydrogens is 722 g/mol. The van der Waals surface area contributed by atoms with Crippen molar-refractivity contribution in [3.63, 3.8) is 0 Å². The summed E-state index contributed by atoms with van der Waals surface area (Å²) in [5.74, 6) is -4.11. The smallest absolute Gasteiger partial charge is 0.260 e. The van der Waals surface area contributed by atoms with E-state index in [-0.39, 0.29) is 34.5 Å². The molecule has 6 aliphatic heterocycles. The normalized spacial score (nSPS) is 30.1. The number of carbonyl (C=O) groups excluding carboxylic acids is 4. The zero-order valence-corrected chi connectivity index (χ0v) is 29.1. The summed E-state index contributed by atoms with van der Waals surface area (Å²) in [6, 6.07) is 27.5. The van der Waals surface area contributed by atoms with Crippen LogP contribution in [0.5, 0.6) is 0 Å². The SMILES string of the molecule is Cc1cc[c]([Sb]([c]2ccc(C)cc2)[c]2ccc(C)cc2)cc1.O=C1C2C(C(=O)N1O)[C@H]1C=C[C@@H]2O1.O=C1C2C(C(=O)N1O)[C@H]1C=C[C@@H]2O1. The Kier molecular flexibility index (Phi) is 8.72. The second kappa shape index (κ2) is 12.8. The van der Waals surface area contributed by atoms with Gasteiger partial charge in [-0.3, -0.25) is 29.6 Å². The van der Waals surface area contributed by atoms with Crippen LogP contribution < -0.4 is 10.5 Å². The molecule has 6 aliphatic rings. The molecule has 0 aromatic heterocycles. The van der Waals surface area contributed by atoms with E-state index < -0.39 is 67.5 Å². The Balaban J connectivity index is 0.000000120. The molecule has 11 heteroatoms. The van der Waals surface area contributed by atoms with Gasteiger partial charge in [0.15, 0.2) is 0 Å². The van der Waals surface area contributed by atoms with Crippen molar-refractivity contribution in [2.75, 3.05) is 0 Å². The van der Waals surface area contributed by atoms with Crippen molar-refractivity contribution in [2.24, 2.45) is 23.7 Å². The second-order valence-electron chi connectivity index (χ2n) is 12.8. The molecule has 4 bridgehead atoms. The summed E-state index contributed by atoms with van der Waals surface area (Å²) in [5, 5.41) is 18.6. The molecule has 246 valence electrons. The molecular formula is C37H35N2O8Sb. The first-order valence-electron chi connectivity index (χ1n) is 15.8. The average Bonchev–Trinajstić information content (AvgIpc) is 3.95. The zero-order valence-electron chi connectivity index (χ0n) is 26.5. The van der Waals surface area contributed by atoms with Crippen molar-refractivity contribution >= 4 is 54.4 Å². The van der Waals surface area contributed by atoms with Crippen LogP contribution in [-0.4, -0.2) is 88.8 Å². The van der Waals surface area contributed by atoms with Crippen LogP contribution in [-0.2, 0) is 28.7 Å². The van der Waals surface area contributed by atoms with Crippen LogP contribution in [0.2, 0.25) is 0 Å². The van der Waals surface area contributed by atoms with Gasteiger partial charge in [0.1, 0.15) is 0 Å². The Morgan fingerprint density at radius 3 is 0.917 bits per heavy atom. The minimum atomic E-state index is -1.90. The second-order valence-corrected chi connectivity index (χ2v) is 19.2. The maximum absolute atomic E-state index is 11.3. The molecule has 3 aromatic carbocycles. The number of benzene rings is 3. The van der Waals surface area contributed by atoms with Crippen LogP contribution in [0.4, 0.5) is 0 Å². The van der Waals surface area contributed by atoms with Crippen LogP contribution in [0.1, 0.15) is 16.7 Å². The summed E-state index contributed by atoms with van der Waals surface area (Å²) in [4.78, 5) is 45.3. The van der Waals surface area contributed by atoms with E-state index in [9.17, 15) is 19.2 Å². The predicted octanol–water partition coefficient (Wildman–Crippen LogP) is 1.76. The van der Waals surface area contributed by atoms with Crippen LogP contribution in [0.25, 0.3) is 0 Å². The van der Waals surface area contributed by atoms with E-state index in [1.54, 1.807) is 24.3 Å². The number of rotatable bonds is 3. The number of imide groups is 2. The van der Waals surface area contributed by atoms with Gasteiger partial charge in [-0.2, -0.15) is 10.1 Å². The van der Waals surface area contributed by atoms with Gasteiger partial charge in [0, 0.05) is 0 Å². The first kappa shape index (κ1) is 32.6. The van der Waals surface area contributed by atoms with Crippen LogP contribution in [0.15, 0.2) is 97.1 Å². The average molecular weight is 757 g/mol. The third-order valence-corrected chi connectivity index (χ3v) is 16.6. The third kappa shape index (κ3) is 5.65. The Labute approximate surface area is 285 Å². The van der Waals surface area contributed by atoms with Crippen molar-refractivity contribution in [3.8, 4) is 0 Å². The molecule has 4 fully saturated rings. The number of ether oxygens (including phenoxy) is 2. The number of carbonyl (C=O) groups is 4. The molecule has 4 amide bonds. The van der Waals surface area contributed by atoms with Crippen LogP contribution in [0.3, 0.4) is 0 Å². The minimum Gasteiger partial charge on any atom is -0.365 e. The van der Waals surface area contributed by atoms with E-state index in [1.165, 1.54) is 27.2 Å². The standard InChI is InChI=1S/2C8H7NO4.3C7H7.Sb/c2*10-7-5-3-1-2-4(13-3)6(5)8(11)9(7)12;3*1-7-5-3-2-4-6-7;/h2*1-6,12H;3*3-6H,1H3;/t2*3-,4+,5?,6?;;;;. The van der Waals surface area contributed by atoms with Crippen molar-refractivity contribution in [2.45, 2.75) is 45.2 Å². The predicted molar refractivity (Wildman–Crippen MR) is 175 cm³/mol. The molecule has 10 nitrogen and oxygen atoms in total. The third-order valence-electron chi connectivity index (χ3n) is 9.65. The van der Waals surface area contributed by atoms with E-state index in [0.717, 1.165) is 0 Å². The Morgan fingerprint density at radius 1 is 0.458 bits per heavy atom. The van der Waals surface area contributed by atoms with Crippen LogP contribution in [0, 0.1) is 44.4 Å². The van der Waals surface area contributed by atoms with Gasteiger partial charge in [-0.05, 0) is 0 Å². The maximum Gasteiger partial charge on any atom is 0.260 e. The van der Waals surface area contributed by atoms with E-state index in [1.807, 2.05) is 0 Å². The van der Waals surface area contributed by atoms with Gasteiger partial charge >= 0.3 is 141 Å². The molecule has 0 saturated carbocycles. The van der Waals surface area contributed by atoms with E-state index in [0.29, 0.717) is 0 Å². The van der Waals surface area contributed by atoms with Crippen LogP contribution >= 0.6 is 0 Å². The number of hydroxylamine groups is 4. The van der Waals surface area contributed by atoms with Gasteiger partial charge in [-0.15, -0.1) is 0 Å². The number of hydrogen-bond acceptors (Lipinski definition) is 8. The van der Waals surface area contributed by atoms with Crippen molar-refractivity contribution in [1.29, 1.82) is 0 Å². The van der Waals surface area contributed by atoms with E-state index in [2.05, 4.69) is 93.6 Å². The van der Waals surface area contributed by atoms with E-state index in [4.69, 9.17) is 19.9 Å². The number of aryl methyl sites for hydroxylation is 3. The van der Waals surface area contributed by atoms with Gasteiger partial charge < -0.3 is 9.47 Å². The monoisotopic (exact) mass is 756 g/mol. The van der Waals surface area contributed by atoms with Gasteiger partial charge in [-0.1, -0.05) is 24.3 Å². The summed E-state index contributed by atoms with van der Waals surface area (Å²) >= 11 is -1.90. The van der Waals surface area contributed by atoms with Gasteiger partial charge in [0.05, 0.1) is 48.1 Å². The maximum atomic E-state index is 11.3. The van der Waals surface area contributed by atoms with Crippen molar-refractivity contribution in [3.05, 3.63) is 114 Å². The summed E-state index contributed by atoms with van der Waals surface area (Å²) in [6.07, 6.45) is 5.83. The fourth-order valence-corrected chi connectivity index (χ4v) is 13.5. The fourth-order valence-electron chi connectivity index (χ4n) is 7.10. The number of nitrogens with zero attached hydrogens (tertiary/aromatic N) is 2. The zero-order chi connectivity index (χ0) is 33.9. The molecule has 6 heterocycles. The van der Waals surface area contributed by atoms with Gasteiger partial charge in [-0.25, -0.2) is 0 Å². The number of amides is 4. The Morgan fingerprint density at radius 2 is 0.688 bits per heavy atom. The Hall–Kier alpha value is -3.92. The molecule has 4 saturated heterocycles. The number of hydrogen-bond donors (Lipinski definition) is 2. The first-order valence-corrected chi connectivity index (χ1v) is 19.7. The summed E-state index contributed by atoms with van der Waals surface area (Å²) in [5.41, 5.74) is 3.99. The fraction of sp³-hybridized carbons (Fsp3) is 0.297. The molecule has 0 spiro atoms. The molecule has 3 aromatic rings. The van der Waals surface area contributed by atoms with Crippen molar-refractivity contribution in [1.82, 2.24) is 10.1 Å². The largest absolute Gasteiger partial charge is 0.365 e. The molecule has 9 rings (SSSR count). The Bertz CT molecular complexity index is 1590. The van der Waals surface area contributed by atoms with E-state index >= 15 is 0 Å². The topological polar surface area (TPSA) is 134 Å². The quantitative estimate of drug-likeness (QED) is 0.179. The first-order chi connectivity index (χ1) is 23.0. The summed E-state index contributed by atoms with van der Waals surface area (Å²) in [7, 11) is 0. The summed E-state index contributed by atoms with van der Waals surface area (Å²) < 4.78 is 15.3. The summed E-state index contributed by atoms with van der Waals surface area (Å²) in [6.45, 7) is 6.47. The molecule has 48 heavy (non-hydrogen) atoms.